The van der Waals surface area contributed by atoms with Crippen LogP contribution in [0, 0.1) is 5.82 Å². The van der Waals surface area contributed by atoms with E-state index in [0.29, 0.717) is 6.54 Å². The van der Waals surface area contributed by atoms with Gasteiger partial charge in [0.2, 0.25) is 5.91 Å². The maximum Gasteiger partial charge on any atom is 0.242 e. The van der Waals surface area contributed by atoms with Gasteiger partial charge in [0.05, 0.1) is 0 Å². The molecule has 1 amide bonds. The van der Waals surface area contributed by atoms with Gasteiger partial charge in [-0.2, -0.15) is 0 Å². The topological polar surface area (TPSA) is 41.6 Å². The summed E-state index contributed by atoms with van der Waals surface area (Å²) in [7, 11) is 0. The van der Waals surface area contributed by atoms with Crippen molar-refractivity contribution in [3.8, 4) is 0 Å². The molecule has 2 heterocycles. The van der Waals surface area contributed by atoms with Crippen LogP contribution < -0.4 is 10.2 Å². The minimum atomic E-state index is -0.270. The summed E-state index contributed by atoms with van der Waals surface area (Å²) in [5.41, 5.74) is 3.47. The minimum Gasteiger partial charge on any atom is -0.381 e. The third-order valence-corrected chi connectivity index (χ3v) is 5.93. The third-order valence-electron chi connectivity index (χ3n) is 5.93. The number of anilines is 1. The van der Waals surface area contributed by atoms with Gasteiger partial charge in [-0.05, 0) is 49.1 Å². The van der Waals surface area contributed by atoms with Crippen molar-refractivity contribution in [1.29, 1.82) is 0 Å². The van der Waals surface area contributed by atoms with Crippen molar-refractivity contribution in [3.05, 3.63) is 65.5 Å². The van der Waals surface area contributed by atoms with Gasteiger partial charge in [0.25, 0.3) is 0 Å². The van der Waals surface area contributed by atoms with Gasteiger partial charge in [-0.25, -0.2) is 4.39 Å². The fraction of sp³-hybridized carbons (Fsp3) is 0.409. The summed E-state index contributed by atoms with van der Waals surface area (Å²) in [6, 6.07) is 14.4. The number of carbonyl (C=O) groups excluding carboxylic acids is 1. The maximum absolute atomic E-state index is 13.0. The first-order chi connectivity index (χ1) is 13.1. The highest BCUT2D eigenvalue weighted by Gasteiger charge is 2.45. The number of fused-ring (bicyclic) bond motifs is 2. The smallest absolute Gasteiger partial charge is 0.242 e. The lowest BCUT2D eigenvalue weighted by atomic mass is 9.76. The molecule has 1 spiro atoms. The van der Waals surface area contributed by atoms with E-state index in [2.05, 4.69) is 28.4 Å². The molecule has 2 aromatic rings. The second kappa shape index (κ2) is 7.31. The Kier molecular flexibility index (Phi) is 4.87. The van der Waals surface area contributed by atoms with Crippen LogP contribution in [0.4, 0.5) is 10.1 Å². The molecule has 4 nitrogen and oxygen atoms in total. The molecule has 1 fully saturated rings. The molecule has 4 rings (SSSR count). The van der Waals surface area contributed by atoms with E-state index in [1.807, 2.05) is 13.0 Å². The molecule has 2 aromatic carbocycles. The lowest BCUT2D eigenvalue weighted by Crippen LogP contribution is -2.47. The molecule has 1 N–H and O–H groups in total. The Hall–Kier alpha value is -2.40. The average Bonchev–Trinajstić information content (AvgIpc) is 3.01. The summed E-state index contributed by atoms with van der Waals surface area (Å²) in [6.45, 7) is 4.74. The van der Waals surface area contributed by atoms with Crippen LogP contribution in [0.25, 0.3) is 0 Å². The Balaban J connectivity index is 1.49. The molecule has 2 aliphatic heterocycles. The highest BCUT2D eigenvalue weighted by molar-refractivity contribution is 5.86. The van der Waals surface area contributed by atoms with E-state index in [1.165, 1.54) is 17.7 Å². The fourth-order valence-corrected chi connectivity index (χ4v) is 4.28. The summed E-state index contributed by atoms with van der Waals surface area (Å²) < 4.78 is 18.6. The number of ether oxygens (including phenoxy) is 1. The number of nitrogens with one attached hydrogen (secondary N) is 1. The van der Waals surface area contributed by atoms with Gasteiger partial charge in [-0.3, -0.25) is 4.79 Å². The molecule has 27 heavy (non-hydrogen) atoms. The molecule has 0 aliphatic carbocycles. The van der Waals surface area contributed by atoms with Crippen molar-refractivity contribution in [2.75, 3.05) is 24.7 Å². The van der Waals surface area contributed by atoms with E-state index < -0.39 is 0 Å². The van der Waals surface area contributed by atoms with Gasteiger partial charge in [-0.15, -0.1) is 0 Å². The maximum atomic E-state index is 13.0. The third kappa shape index (κ3) is 3.44. The van der Waals surface area contributed by atoms with Crippen molar-refractivity contribution >= 4 is 11.6 Å². The van der Waals surface area contributed by atoms with Gasteiger partial charge in [0.15, 0.2) is 0 Å². The number of amides is 1. The molecule has 1 atom stereocenters. The molecular formula is C22H25FN2O2. The first-order valence-electron chi connectivity index (χ1n) is 9.55. The molecule has 142 valence electrons. The van der Waals surface area contributed by atoms with Gasteiger partial charge in [-0.1, -0.05) is 30.3 Å². The molecular weight excluding hydrogens is 343 g/mol. The fourth-order valence-electron chi connectivity index (χ4n) is 4.28. The standard InChI is InChI=1S/C22H25FN2O2/c1-16(21(26)24-14-17-6-8-18(23)9-7-17)25-15-22(10-12-27-13-11-22)19-4-2-3-5-20(19)25/h2-9,16H,10-15H2,1H3,(H,24,26). The predicted molar refractivity (Wildman–Crippen MR) is 103 cm³/mol. The van der Waals surface area contributed by atoms with E-state index in [1.54, 1.807) is 12.1 Å². The van der Waals surface area contributed by atoms with Crippen molar-refractivity contribution < 1.29 is 13.9 Å². The SMILES string of the molecule is CC(C(=O)NCc1ccc(F)cc1)N1CC2(CCOCC2)c2ccccc21. The Morgan fingerprint density at radius 1 is 1.19 bits per heavy atom. The van der Waals surface area contributed by atoms with Crippen LogP contribution in [0.3, 0.4) is 0 Å². The number of nitrogens with zero attached hydrogens (tertiary/aromatic N) is 1. The average molecular weight is 368 g/mol. The zero-order valence-corrected chi connectivity index (χ0v) is 15.6. The molecule has 1 saturated heterocycles. The summed E-state index contributed by atoms with van der Waals surface area (Å²) in [4.78, 5) is 15.0. The van der Waals surface area contributed by atoms with E-state index >= 15 is 0 Å². The first-order valence-corrected chi connectivity index (χ1v) is 9.55. The number of benzene rings is 2. The number of hydrogen-bond donors (Lipinski definition) is 1. The Bertz CT molecular complexity index is 815. The van der Waals surface area contributed by atoms with E-state index in [9.17, 15) is 9.18 Å². The minimum absolute atomic E-state index is 0.0155. The zero-order chi connectivity index (χ0) is 18.9. The number of hydrogen-bond acceptors (Lipinski definition) is 3. The van der Waals surface area contributed by atoms with Gasteiger partial charge < -0.3 is 15.0 Å². The molecule has 1 unspecified atom stereocenters. The van der Waals surface area contributed by atoms with Crippen molar-refractivity contribution in [2.45, 2.75) is 37.8 Å². The zero-order valence-electron chi connectivity index (χ0n) is 15.6. The number of halogens is 1. The van der Waals surface area contributed by atoms with Crippen LogP contribution in [-0.4, -0.2) is 31.7 Å². The van der Waals surface area contributed by atoms with E-state index in [4.69, 9.17) is 4.74 Å². The predicted octanol–water partition coefficient (Wildman–Crippen LogP) is 3.40. The lowest BCUT2D eigenvalue weighted by Gasteiger charge is -2.35. The number of rotatable bonds is 4. The number of carbonyl (C=O) groups is 1. The van der Waals surface area contributed by atoms with E-state index in [-0.39, 0.29) is 23.2 Å². The Morgan fingerprint density at radius 2 is 1.89 bits per heavy atom. The molecule has 0 aromatic heterocycles. The van der Waals surface area contributed by atoms with Crippen LogP contribution in [0.1, 0.15) is 30.9 Å². The highest BCUT2D eigenvalue weighted by Crippen LogP contribution is 2.47. The van der Waals surface area contributed by atoms with Gasteiger partial charge in [0.1, 0.15) is 11.9 Å². The van der Waals surface area contributed by atoms with Crippen molar-refractivity contribution in [3.63, 3.8) is 0 Å². The van der Waals surface area contributed by atoms with Crippen molar-refractivity contribution in [1.82, 2.24) is 5.32 Å². The van der Waals surface area contributed by atoms with Crippen LogP contribution >= 0.6 is 0 Å². The number of para-hydroxylation sites is 1. The Morgan fingerprint density at radius 3 is 2.63 bits per heavy atom. The van der Waals surface area contributed by atoms with Crippen LogP contribution in [0.5, 0.6) is 0 Å². The molecule has 0 saturated carbocycles. The van der Waals surface area contributed by atoms with Crippen LogP contribution in [0.15, 0.2) is 48.5 Å². The molecule has 2 aliphatic rings. The van der Waals surface area contributed by atoms with Crippen molar-refractivity contribution in [2.24, 2.45) is 0 Å². The summed E-state index contributed by atoms with van der Waals surface area (Å²) in [6.07, 6.45) is 1.98. The quantitative estimate of drug-likeness (QED) is 0.899. The normalized spacial score (nSPS) is 19.0. The van der Waals surface area contributed by atoms with Crippen LogP contribution in [0.2, 0.25) is 0 Å². The highest BCUT2D eigenvalue weighted by atomic mass is 19.1. The summed E-state index contributed by atoms with van der Waals surface area (Å²) in [5.74, 6) is -0.285. The molecule has 0 bridgehead atoms. The van der Waals surface area contributed by atoms with E-state index in [0.717, 1.165) is 43.9 Å². The van der Waals surface area contributed by atoms with Crippen LogP contribution in [-0.2, 0) is 21.5 Å². The summed E-state index contributed by atoms with van der Waals surface area (Å²) >= 11 is 0. The Labute approximate surface area is 159 Å². The van der Waals surface area contributed by atoms with Gasteiger partial charge >= 0.3 is 0 Å². The lowest BCUT2D eigenvalue weighted by molar-refractivity contribution is -0.122. The molecule has 5 heteroatoms. The van der Waals surface area contributed by atoms with Gasteiger partial charge in [0, 0.05) is 37.4 Å². The first kappa shape index (κ1) is 18.0. The second-order valence-corrected chi connectivity index (χ2v) is 7.56. The summed E-state index contributed by atoms with van der Waals surface area (Å²) in [5, 5.41) is 2.99. The second-order valence-electron chi connectivity index (χ2n) is 7.56. The monoisotopic (exact) mass is 368 g/mol. The molecule has 0 radical (unpaired) electrons. The largest absolute Gasteiger partial charge is 0.381 e.